The summed E-state index contributed by atoms with van der Waals surface area (Å²) >= 11 is 0. The number of amides is 4. The molecule has 6 unspecified atom stereocenters. The van der Waals surface area contributed by atoms with E-state index in [1.54, 1.807) is 30.6 Å². The van der Waals surface area contributed by atoms with Gasteiger partial charge in [-0.25, -0.2) is 0 Å². The molecule has 0 aromatic carbocycles. The molecule has 4 amide bonds. The van der Waals surface area contributed by atoms with Gasteiger partial charge in [0, 0.05) is 52.2 Å². The zero-order chi connectivity index (χ0) is 42.4. The number of hydrogen-bond acceptors (Lipinski definition) is 9. The lowest BCUT2D eigenvalue weighted by molar-refractivity contribution is -0.164. The summed E-state index contributed by atoms with van der Waals surface area (Å²) in [7, 11) is 0. The van der Waals surface area contributed by atoms with Crippen LogP contribution in [0.3, 0.4) is 0 Å². The Morgan fingerprint density at radius 1 is 0.691 bits per heavy atom. The van der Waals surface area contributed by atoms with Crippen LogP contribution in [-0.4, -0.2) is 122 Å². The molecule has 0 aliphatic carbocycles. The van der Waals surface area contributed by atoms with E-state index in [0.717, 1.165) is 38.6 Å². The summed E-state index contributed by atoms with van der Waals surface area (Å²) in [6.07, 6.45) is 7.69. The second-order valence-electron chi connectivity index (χ2n) is 16.7. The Hall–Kier alpha value is -3.97. The summed E-state index contributed by atoms with van der Waals surface area (Å²) in [5, 5.41) is 8.71. The van der Waals surface area contributed by atoms with Crippen LogP contribution in [0.2, 0.25) is 0 Å². The number of carboxylic acids is 1. The summed E-state index contributed by atoms with van der Waals surface area (Å²) < 4.78 is 10.4. The fraction of sp³-hybridized carbons (Fsp3) is 0.780. The van der Waals surface area contributed by atoms with Crippen LogP contribution in [0.4, 0.5) is 0 Å². The molecule has 1 N–H and O–H groups in total. The van der Waals surface area contributed by atoms with Crippen molar-refractivity contribution < 1.29 is 49.6 Å². The predicted molar refractivity (Wildman–Crippen MR) is 211 cm³/mol. The minimum absolute atomic E-state index is 0. The Kier molecular flexibility index (Phi) is 19.6. The van der Waals surface area contributed by atoms with Crippen molar-refractivity contribution in [3.63, 3.8) is 0 Å². The molecule has 0 bridgehead atoms. The molecule has 0 radical (unpaired) electrons. The SMILES string of the molecule is C=CN1CCC(C(=O)OC(C)(C)C)C1=O.CCC(C)N1CCC(C(=O)O)C1=O.CCC(C)N1CCC(C(=O)OC(C)(C)C)C1=O.CCC(C)N1CCCC1=O.[2HH]. The van der Waals surface area contributed by atoms with Gasteiger partial charge in [-0.05, 0) is 113 Å². The number of hydrogen-bond donors (Lipinski definition) is 1. The first-order valence-electron chi connectivity index (χ1n) is 20.0. The van der Waals surface area contributed by atoms with Crippen molar-refractivity contribution in [3.05, 3.63) is 12.8 Å². The van der Waals surface area contributed by atoms with Crippen molar-refractivity contribution in [2.45, 2.75) is 164 Å². The molecule has 0 aromatic rings. The highest BCUT2D eigenvalue weighted by Crippen LogP contribution is 2.25. The van der Waals surface area contributed by atoms with Crippen LogP contribution < -0.4 is 0 Å². The summed E-state index contributed by atoms with van der Waals surface area (Å²) in [5.41, 5.74) is -1.07. The van der Waals surface area contributed by atoms with Crippen LogP contribution in [0.25, 0.3) is 0 Å². The van der Waals surface area contributed by atoms with Crippen LogP contribution in [0.5, 0.6) is 0 Å². The number of aliphatic carboxylic acids is 1. The molecule has 14 nitrogen and oxygen atoms in total. The molecule has 6 atom stereocenters. The third-order valence-corrected chi connectivity index (χ3v) is 10.1. The van der Waals surface area contributed by atoms with E-state index in [9.17, 15) is 33.6 Å². The zero-order valence-corrected chi connectivity index (χ0v) is 35.6. The van der Waals surface area contributed by atoms with E-state index in [1.807, 2.05) is 53.4 Å². The van der Waals surface area contributed by atoms with Gasteiger partial charge in [0.2, 0.25) is 23.6 Å². The van der Waals surface area contributed by atoms with Crippen LogP contribution in [0.15, 0.2) is 12.8 Å². The van der Waals surface area contributed by atoms with E-state index < -0.39 is 40.9 Å². The minimum Gasteiger partial charge on any atom is -0.481 e. The lowest BCUT2D eigenvalue weighted by Crippen LogP contribution is -2.38. The molecule has 0 aromatic heterocycles. The van der Waals surface area contributed by atoms with Crippen LogP contribution >= 0.6 is 0 Å². The zero-order valence-electron chi connectivity index (χ0n) is 35.6. The van der Waals surface area contributed by atoms with Crippen molar-refractivity contribution in [1.82, 2.24) is 19.6 Å². The Morgan fingerprint density at radius 3 is 1.40 bits per heavy atom. The van der Waals surface area contributed by atoms with Crippen LogP contribution in [0, 0.1) is 17.8 Å². The number of carbonyl (C=O) groups is 7. The molecule has 0 saturated carbocycles. The monoisotopic (exact) mass is 782 g/mol. The predicted octanol–water partition coefficient (Wildman–Crippen LogP) is 5.67. The molecule has 55 heavy (non-hydrogen) atoms. The number of rotatable bonds is 10. The molecule has 14 heteroatoms. The quantitative estimate of drug-likeness (QED) is 0.215. The average Bonchev–Trinajstić information content (AvgIpc) is 3.89. The number of carbonyl (C=O) groups excluding carboxylic acids is 6. The summed E-state index contributed by atoms with van der Waals surface area (Å²) in [5.74, 6) is -4.01. The first kappa shape index (κ1) is 49.0. The molecular weight excluding hydrogens is 708 g/mol. The maximum atomic E-state index is 12.1. The largest absolute Gasteiger partial charge is 0.481 e. The van der Waals surface area contributed by atoms with Gasteiger partial charge in [0.05, 0.1) is 0 Å². The Morgan fingerprint density at radius 2 is 1.07 bits per heavy atom. The third kappa shape index (κ3) is 15.2. The van der Waals surface area contributed by atoms with E-state index in [2.05, 4.69) is 20.4 Å². The Bertz CT molecular complexity index is 1360. The molecule has 4 aliphatic rings. The first-order valence-corrected chi connectivity index (χ1v) is 20.0. The molecule has 4 heterocycles. The smallest absolute Gasteiger partial charge is 0.319 e. The van der Waals surface area contributed by atoms with Gasteiger partial charge in [-0.2, -0.15) is 0 Å². The highest BCUT2D eigenvalue weighted by atomic mass is 16.6. The number of esters is 2. The van der Waals surface area contributed by atoms with Gasteiger partial charge in [0.25, 0.3) is 0 Å². The number of likely N-dealkylation sites (tertiary alicyclic amines) is 4. The van der Waals surface area contributed by atoms with E-state index in [1.165, 1.54) is 11.1 Å². The van der Waals surface area contributed by atoms with E-state index >= 15 is 0 Å². The van der Waals surface area contributed by atoms with Crippen LogP contribution in [-0.2, 0) is 43.0 Å². The van der Waals surface area contributed by atoms with E-state index in [4.69, 9.17) is 14.6 Å². The molecule has 4 fully saturated rings. The normalized spacial score (nSPS) is 22.8. The fourth-order valence-electron chi connectivity index (χ4n) is 6.37. The number of nitrogens with zero attached hydrogens (tertiary/aromatic N) is 4. The second-order valence-corrected chi connectivity index (χ2v) is 16.7. The third-order valence-electron chi connectivity index (χ3n) is 10.1. The molecule has 0 spiro atoms. The van der Waals surface area contributed by atoms with Gasteiger partial charge in [0.1, 0.15) is 29.0 Å². The summed E-state index contributed by atoms with van der Waals surface area (Å²) in [4.78, 5) is 87.3. The van der Waals surface area contributed by atoms with Crippen molar-refractivity contribution in [2.24, 2.45) is 17.8 Å². The summed E-state index contributed by atoms with van der Waals surface area (Å²) in [6, 6.07) is 0.821. The summed E-state index contributed by atoms with van der Waals surface area (Å²) in [6.45, 7) is 29.3. The topological polar surface area (TPSA) is 171 Å². The van der Waals surface area contributed by atoms with E-state index in [-0.39, 0.29) is 37.2 Å². The van der Waals surface area contributed by atoms with Crippen molar-refractivity contribution >= 4 is 41.5 Å². The van der Waals surface area contributed by atoms with Crippen LogP contribution in [0.1, 0.15) is 136 Å². The first-order chi connectivity index (χ1) is 25.4. The van der Waals surface area contributed by atoms with Gasteiger partial charge < -0.3 is 34.2 Å². The highest BCUT2D eigenvalue weighted by molar-refractivity contribution is 6.00. The Balaban J connectivity index is 0.000000727. The van der Waals surface area contributed by atoms with Gasteiger partial charge in [-0.3, -0.25) is 33.6 Å². The Labute approximate surface area is 330 Å². The molecular formula is C41H72N4O10. The average molecular weight is 782 g/mol. The fourth-order valence-corrected chi connectivity index (χ4v) is 6.37. The lowest BCUT2D eigenvalue weighted by atomic mass is 10.1. The highest BCUT2D eigenvalue weighted by Gasteiger charge is 2.41. The minimum atomic E-state index is -0.990. The molecule has 316 valence electrons. The van der Waals surface area contributed by atoms with E-state index in [0.29, 0.717) is 50.8 Å². The lowest BCUT2D eigenvalue weighted by Gasteiger charge is -2.24. The van der Waals surface area contributed by atoms with Gasteiger partial charge in [0.15, 0.2) is 0 Å². The van der Waals surface area contributed by atoms with Crippen molar-refractivity contribution in [2.75, 3.05) is 26.2 Å². The standard InChI is InChI=1S/C13H23NO3.C11H17NO3.C9H15NO3.C8H15NO.H2/c1-6-9(2)14-8-7-10(11(14)15)12(16)17-13(3,4)5;1-5-12-7-6-8(9(12)13)10(14)15-11(2,3)4;1-3-6(2)10-5-4-7(8(10)11)9(12)13;1-3-7(2)9-6-4-5-8(9)10;/h9-10H,6-8H2,1-5H3;5,8H,1,6-7H2,2-4H3;6-7H,3-5H2,1-2H3,(H,12,13);7H,3-6H2,1-2H3;1H/i;;;;1+1. The second kappa shape index (κ2) is 21.9. The van der Waals surface area contributed by atoms with Gasteiger partial charge >= 0.3 is 17.9 Å². The number of carboxylic acid groups (broad SMARTS) is 1. The number of ether oxygens (including phenoxy) is 2. The van der Waals surface area contributed by atoms with Crippen molar-refractivity contribution in [1.29, 1.82) is 0 Å². The van der Waals surface area contributed by atoms with Crippen molar-refractivity contribution in [3.8, 4) is 0 Å². The van der Waals surface area contributed by atoms with Gasteiger partial charge in [-0.15, -0.1) is 0 Å². The molecule has 4 aliphatic heterocycles. The maximum Gasteiger partial charge on any atom is 0.319 e. The molecule has 4 saturated heterocycles. The van der Waals surface area contributed by atoms with Gasteiger partial charge in [-0.1, -0.05) is 27.4 Å². The maximum absolute atomic E-state index is 12.1. The molecule has 4 rings (SSSR count).